The molecule has 0 bridgehead atoms. The standard InChI is InChI=1S/C18H13Cl2NO3S2/c1-9-5-6-25-15(9)16(22)21-17-14(18(23)24-2)12(8-26-17)11-4-3-10(19)7-13(11)20/h3-8H,1-2H3,(H,21,22). The van der Waals surface area contributed by atoms with E-state index < -0.39 is 5.97 Å². The fraction of sp³-hybridized carbons (Fsp3) is 0.111. The van der Waals surface area contributed by atoms with Gasteiger partial charge in [-0.05, 0) is 36.1 Å². The van der Waals surface area contributed by atoms with Crippen LogP contribution in [0.3, 0.4) is 0 Å². The van der Waals surface area contributed by atoms with Crippen molar-refractivity contribution in [2.24, 2.45) is 0 Å². The van der Waals surface area contributed by atoms with Crippen molar-refractivity contribution >= 4 is 62.8 Å². The minimum absolute atomic E-state index is 0.266. The average molecular weight is 426 g/mol. The van der Waals surface area contributed by atoms with E-state index in [0.717, 1.165) is 5.56 Å². The van der Waals surface area contributed by atoms with Crippen LogP contribution in [-0.2, 0) is 4.74 Å². The van der Waals surface area contributed by atoms with Crippen LogP contribution in [0.1, 0.15) is 25.6 Å². The first kappa shape index (κ1) is 18.9. The molecular formula is C18H13Cl2NO3S2. The number of methoxy groups -OCH3 is 1. The molecule has 0 saturated heterocycles. The Kier molecular flexibility index (Phi) is 5.67. The van der Waals surface area contributed by atoms with E-state index in [1.165, 1.54) is 29.8 Å². The number of benzene rings is 1. The monoisotopic (exact) mass is 425 g/mol. The molecule has 2 heterocycles. The van der Waals surface area contributed by atoms with E-state index in [1.54, 1.807) is 23.6 Å². The van der Waals surface area contributed by atoms with Crippen LogP contribution in [0, 0.1) is 6.92 Å². The number of carbonyl (C=O) groups is 2. The molecule has 3 aromatic rings. The molecule has 0 aliphatic rings. The van der Waals surface area contributed by atoms with Gasteiger partial charge in [-0.3, -0.25) is 4.79 Å². The number of rotatable bonds is 4. The smallest absolute Gasteiger partial charge is 0.341 e. The van der Waals surface area contributed by atoms with E-state index in [9.17, 15) is 9.59 Å². The average Bonchev–Trinajstić information content (AvgIpc) is 3.20. The fourth-order valence-electron chi connectivity index (χ4n) is 2.43. The van der Waals surface area contributed by atoms with Crippen LogP contribution in [0.2, 0.25) is 10.0 Å². The lowest BCUT2D eigenvalue weighted by molar-refractivity contribution is 0.0603. The maximum Gasteiger partial charge on any atom is 0.341 e. The van der Waals surface area contributed by atoms with Crippen LogP contribution in [0.4, 0.5) is 5.00 Å². The molecule has 3 rings (SSSR count). The largest absolute Gasteiger partial charge is 0.465 e. The zero-order chi connectivity index (χ0) is 18.8. The summed E-state index contributed by atoms with van der Waals surface area (Å²) < 4.78 is 4.91. The van der Waals surface area contributed by atoms with Crippen molar-refractivity contribution < 1.29 is 14.3 Å². The molecule has 1 aromatic carbocycles. The summed E-state index contributed by atoms with van der Waals surface area (Å²) in [6.07, 6.45) is 0. The summed E-state index contributed by atoms with van der Waals surface area (Å²) in [5.41, 5.74) is 2.37. The molecule has 0 radical (unpaired) electrons. The lowest BCUT2D eigenvalue weighted by atomic mass is 10.0. The van der Waals surface area contributed by atoms with Crippen molar-refractivity contribution in [2.75, 3.05) is 12.4 Å². The highest BCUT2D eigenvalue weighted by atomic mass is 35.5. The quantitative estimate of drug-likeness (QED) is 0.511. The van der Waals surface area contributed by atoms with Gasteiger partial charge in [0.1, 0.15) is 10.6 Å². The van der Waals surface area contributed by atoms with E-state index in [2.05, 4.69) is 5.32 Å². The van der Waals surface area contributed by atoms with Crippen LogP contribution in [0.25, 0.3) is 11.1 Å². The zero-order valence-electron chi connectivity index (χ0n) is 13.8. The molecule has 8 heteroatoms. The molecule has 1 N–H and O–H groups in total. The molecule has 2 aromatic heterocycles. The number of halogens is 2. The lowest BCUT2D eigenvalue weighted by Gasteiger charge is -2.09. The summed E-state index contributed by atoms with van der Waals surface area (Å²) in [5.74, 6) is -0.816. The van der Waals surface area contributed by atoms with Crippen molar-refractivity contribution in [3.63, 3.8) is 0 Å². The minimum Gasteiger partial charge on any atom is -0.465 e. The molecule has 26 heavy (non-hydrogen) atoms. The molecular weight excluding hydrogens is 413 g/mol. The van der Waals surface area contributed by atoms with Gasteiger partial charge in [-0.15, -0.1) is 22.7 Å². The summed E-state index contributed by atoms with van der Waals surface area (Å²) in [6.45, 7) is 1.86. The van der Waals surface area contributed by atoms with Gasteiger partial charge in [-0.1, -0.05) is 29.3 Å². The Morgan fingerprint density at radius 2 is 1.88 bits per heavy atom. The minimum atomic E-state index is -0.550. The number of thiophene rings is 2. The van der Waals surface area contributed by atoms with Gasteiger partial charge in [-0.2, -0.15) is 0 Å². The van der Waals surface area contributed by atoms with Gasteiger partial charge in [0.05, 0.1) is 12.0 Å². The maximum atomic E-state index is 12.5. The zero-order valence-corrected chi connectivity index (χ0v) is 16.9. The number of amides is 1. The Labute approximate surface area is 168 Å². The molecule has 0 aliphatic carbocycles. The number of hydrogen-bond donors (Lipinski definition) is 1. The predicted octanol–water partition coefficient (Wildman–Crippen LogP) is 6.13. The first-order valence-corrected chi connectivity index (χ1v) is 9.94. The van der Waals surface area contributed by atoms with E-state index in [-0.39, 0.29) is 11.5 Å². The molecule has 0 aliphatic heterocycles. The summed E-state index contributed by atoms with van der Waals surface area (Å²) >= 11 is 14.8. The van der Waals surface area contributed by atoms with E-state index >= 15 is 0 Å². The molecule has 4 nitrogen and oxygen atoms in total. The van der Waals surface area contributed by atoms with Crippen molar-refractivity contribution in [3.05, 3.63) is 61.1 Å². The second kappa shape index (κ2) is 7.80. The highest BCUT2D eigenvalue weighted by Crippen LogP contribution is 2.40. The van der Waals surface area contributed by atoms with Crippen molar-refractivity contribution in [3.8, 4) is 11.1 Å². The van der Waals surface area contributed by atoms with Gasteiger partial charge in [0, 0.05) is 26.6 Å². The first-order valence-electron chi connectivity index (χ1n) is 7.43. The van der Waals surface area contributed by atoms with Crippen LogP contribution >= 0.6 is 45.9 Å². The second-order valence-corrected chi connectivity index (χ2v) is 8.00. The van der Waals surface area contributed by atoms with Crippen LogP contribution in [0.5, 0.6) is 0 Å². The van der Waals surface area contributed by atoms with Crippen molar-refractivity contribution in [1.29, 1.82) is 0 Å². The number of aryl methyl sites for hydroxylation is 1. The third-order valence-electron chi connectivity index (χ3n) is 3.70. The first-order chi connectivity index (χ1) is 12.4. The van der Waals surface area contributed by atoms with Crippen molar-refractivity contribution in [2.45, 2.75) is 6.92 Å². The molecule has 0 spiro atoms. The Bertz CT molecular complexity index is 994. The third kappa shape index (κ3) is 3.64. The molecule has 0 saturated carbocycles. The van der Waals surface area contributed by atoms with Crippen LogP contribution < -0.4 is 5.32 Å². The number of nitrogens with one attached hydrogen (secondary N) is 1. The van der Waals surface area contributed by atoms with Gasteiger partial charge in [0.2, 0.25) is 0 Å². The molecule has 134 valence electrons. The van der Waals surface area contributed by atoms with Gasteiger partial charge in [0.15, 0.2) is 0 Å². The van der Waals surface area contributed by atoms with E-state index in [0.29, 0.717) is 31.1 Å². The molecule has 0 atom stereocenters. The number of esters is 1. The van der Waals surface area contributed by atoms with E-state index in [4.69, 9.17) is 27.9 Å². The topological polar surface area (TPSA) is 55.4 Å². The number of hydrogen-bond acceptors (Lipinski definition) is 5. The lowest BCUT2D eigenvalue weighted by Crippen LogP contribution is -2.13. The van der Waals surface area contributed by atoms with Crippen LogP contribution in [-0.4, -0.2) is 19.0 Å². The van der Waals surface area contributed by atoms with Crippen LogP contribution in [0.15, 0.2) is 35.0 Å². The van der Waals surface area contributed by atoms with Crippen molar-refractivity contribution in [1.82, 2.24) is 0 Å². The Hall–Kier alpha value is -1.86. The SMILES string of the molecule is COC(=O)c1c(-c2ccc(Cl)cc2Cl)csc1NC(=O)c1sccc1C. The normalized spacial score (nSPS) is 10.6. The Morgan fingerprint density at radius 3 is 2.50 bits per heavy atom. The Morgan fingerprint density at radius 1 is 1.12 bits per heavy atom. The van der Waals surface area contributed by atoms with E-state index in [1.807, 2.05) is 18.4 Å². The molecule has 0 unspecified atom stereocenters. The summed E-state index contributed by atoms with van der Waals surface area (Å²) in [4.78, 5) is 25.5. The fourth-order valence-corrected chi connectivity index (χ4v) is 4.70. The van der Waals surface area contributed by atoms with Gasteiger partial charge >= 0.3 is 5.97 Å². The molecule has 0 fully saturated rings. The third-order valence-corrected chi connectivity index (χ3v) is 6.16. The second-order valence-electron chi connectivity index (χ2n) is 5.36. The summed E-state index contributed by atoms with van der Waals surface area (Å²) in [6, 6.07) is 6.89. The van der Waals surface area contributed by atoms with Gasteiger partial charge in [0.25, 0.3) is 5.91 Å². The van der Waals surface area contributed by atoms with Gasteiger partial charge in [-0.25, -0.2) is 4.79 Å². The number of carbonyl (C=O) groups excluding carboxylic acids is 2. The highest BCUT2D eigenvalue weighted by molar-refractivity contribution is 7.15. The number of ether oxygens (including phenoxy) is 1. The van der Waals surface area contributed by atoms with Gasteiger partial charge < -0.3 is 10.1 Å². The summed E-state index contributed by atoms with van der Waals surface area (Å²) in [7, 11) is 1.29. The summed E-state index contributed by atoms with van der Waals surface area (Å²) in [5, 5.41) is 7.74. The maximum absolute atomic E-state index is 12.5. The number of anilines is 1. The predicted molar refractivity (Wildman–Crippen MR) is 108 cm³/mol. The Balaban J connectivity index is 2.04. The molecule has 1 amide bonds. The highest BCUT2D eigenvalue weighted by Gasteiger charge is 2.24.